The number of aryl methyl sites for hydroxylation is 1. The minimum atomic E-state index is -2.42. The zero-order valence-corrected chi connectivity index (χ0v) is 11.0. The van der Waals surface area contributed by atoms with Crippen LogP contribution in [0.4, 0.5) is 8.78 Å². The van der Waals surface area contributed by atoms with E-state index in [0.717, 1.165) is 17.9 Å². The lowest BCUT2D eigenvalue weighted by atomic mass is 10.3. The normalized spacial score (nSPS) is 15.2. The first-order valence-electron chi connectivity index (χ1n) is 6.56. The van der Waals surface area contributed by atoms with Gasteiger partial charge in [0.2, 0.25) is 0 Å². The highest BCUT2D eigenvalue weighted by Crippen LogP contribution is 2.19. The molecule has 1 saturated carbocycles. The molecule has 19 heavy (non-hydrogen) atoms. The number of nitrogens with zero attached hydrogens (tertiary/aromatic N) is 2. The summed E-state index contributed by atoms with van der Waals surface area (Å²) in [5, 5.41) is 3.39. The highest BCUT2D eigenvalue weighted by atomic mass is 19.3. The van der Waals surface area contributed by atoms with E-state index in [2.05, 4.69) is 15.3 Å². The lowest BCUT2D eigenvalue weighted by molar-refractivity contribution is 0.0182. The van der Waals surface area contributed by atoms with E-state index in [1.54, 1.807) is 0 Å². The Kier molecular flexibility index (Phi) is 5.15. The average molecular weight is 271 g/mol. The molecule has 0 amide bonds. The smallest absolute Gasteiger partial charge is 0.261 e. The maximum absolute atomic E-state index is 11.9. The summed E-state index contributed by atoms with van der Waals surface area (Å²) in [5.74, 6) is 0.655. The van der Waals surface area contributed by atoms with Gasteiger partial charge in [-0.25, -0.2) is 18.7 Å². The molecule has 0 spiro atoms. The number of aromatic nitrogens is 2. The van der Waals surface area contributed by atoms with Crippen molar-refractivity contribution >= 4 is 0 Å². The lowest BCUT2D eigenvalue weighted by Crippen LogP contribution is -2.17. The summed E-state index contributed by atoms with van der Waals surface area (Å²) in [6.45, 7) is 2.34. The number of rotatable bonds is 8. The third-order valence-electron chi connectivity index (χ3n) is 2.82. The molecule has 0 saturated heterocycles. The number of hydrogen-bond acceptors (Lipinski definition) is 4. The highest BCUT2D eigenvalue weighted by molar-refractivity contribution is 5.10. The van der Waals surface area contributed by atoms with Crippen molar-refractivity contribution in [3.63, 3.8) is 0 Å². The predicted octanol–water partition coefficient (Wildman–Crippen LogP) is 1.86. The molecule has 0 unspecified atom stereocenters. The summed E-state index contributed by atoms with van der Waals surface area (Å²) in [5.41, 5.74) is 1.84. The summed E-state index contributed by atoms with van der Waals surface area (Å²) < 4.78 is 28.7. The Bertz CT molecular complexity index is 411. The van der Waals surface area contributed by atoms with Gasteiger partial charge in [0.25, 0.3) is 6.43 Å². The quantitative estimate of drug-likeness (QED) is 0.733. The van der Waals surface area contributed by atoms with Gasteiger partial charge in [-0.15, -0.1) is 0 Å². The Morgan fingerprint density at radius 1 is 1.42 bits per heavy atom. The second-order valence-corrected chi connectivity index (χ2v) is 4.79. The molecule has 1 heterocycles. The van der Waals surface area contributed by atoms with E-state index in [1.807, 2.05) is 13.0 Å². The molecule has 1 aliphatic carbocycles. The fraction of sp³-hybridized carbons (Fsp3) is 0.692. The zero-order chi connectivity index (χ0) is 13.7. The fourth-order valence-corrected chi connectivity index (χ4v) is 1.77. The molecule has 1 fully saturated rings. The predicted molar refractivity (Wildman–Crippen MR) is 67.2 cm³/mol. The molecule has 1 N–H and O–H groups in total. The second-order valence-electron chi connectivity index (χ2n) is 4.79. The summed E-state index contributed by atoms with van der Waals surface area (Å²) in [4.78, 5) is 8.70. The molecular weight excluding hydrogens is 252 g/mol. The fourth-order valence-electron chi connectivity index (χ4n) is 1.77. The van der Waals surface area contributed by atoms with Gasteiger partial charge in [-0.1, -0.05) is 0 Å². The monoisotopic (exact) mass is 271 g/mol. The standard InChI is InChI=1S/C13H19F2N3O/c1-9-6-11(7-16-10-2-3-10)18-13(17-9)4-5-19-8-12(14)15/h6,10,12,16H,2-5,7-8H2,1H3. The molecule has 1 aromatic heterocycles. The minimum absolute atomic E-state index is 0.225. The first-order chi connectivity index (χ1) is 9.13. The Morgan fingerprint density at radius 3 is 2.89 bits per heavy atom. The van der Waals surface area contributed by atoms with Crippen molar-refractivity contribution in [3.05, 3.63) is 23.3 Å². The van der Waals surface area contributed by atoms with Crippen molar-refractivity contribution in [1.29, 1.82) is 0 Å². The Labute approximate surface area is 111 Å². The van der Waals surface area contributed by atoms with E-state index in [1.165, 1.54) is 12.8 Å². The second kappa shape index (κ2) is 6.86. The van der Waals surface area contributed by atoms with Crippen molar-refractivity contribution in [2.24, 2.45) is 0 Å². The summed E-state index contributed by atoms with van der Waals surface area (Å²) in [7, 11) is 0. The Hall–Kier alpha value is -1.14. The molecule has 6 heteroatoms. The van der Waals surface area contributed by atoms with Crippen molar-refractivity contribution in [3.8, 4) is 0 Å². The average Bonchev–Trinajstić information content (AvgIpc) is 3.15. The molecule has 4 nitrogen and oxygen atoms in total. The maximum atomic E-state index is 11.9. The van der Waals surface area contributed by atoms with Crippen molar-refractivity contribution < 1.29 is 13.5 Å². The van der Waals surface area contributed by atoms with Gasteiger partial charge in [-0.2, -0.15) is 0 Å². The van der Waals surface area contributed by atoms with E-state index in [9.17, 15) is 8.78 Å². The molecule has 0 atom stereocenters. The molecule has 0 bridgehead atoms. The number of ether oxygens (including phenoxy) is 1. The van der Waals surface area contributed by atoms with Gasteiger partial charge in [-0.3, -0.25) is 0 Å². The van der Waals surface area contributed by atoms with E-state index in [-0.39, 0.29) is 6.61 Å². The molecule has 0 aromatic carbocycles. The lowest BCUT2D eigenvalue weighted by Gasteiger charge is -2.07. The SMILES string of the molecule is Cc1cc(CNC2CC2)nc(CCOCC(F)F)n1. The van der Waals surface area contributed by atoms with Crippen LogP contribution in [0.2, 0.25) is 0 Å². The van der Waals surface area contributed by atoms with Crippen LogP contribution in [0.1, 0.15) is 30.1 Å². The maximum Gasteiger partial charge on any atom is 0.261 e. The van der Waals surface area contributed by atoms with E-state index in [4.69, 9.17) is 4.74 Å². The molecule has 1 aliphatic rings. The van der Waals surface area contributed by atoms with E-state index < -0.39 is 13.0 Å². The van der Waals surface area contributed by atoms with Crippen molar-refractivity contribution in [2.75, 3.05) is 13.2 Å². The molecule has 0 radical (unpaired) electrons. The van der Waals surface area contributed by atoms with Crippen LogP contribution in [-0.4, -0.2) is 35.6 Å². The number of halogens is 2. The minimum Gasteiger partial charge on any atom is -0.375 e. The Balaban J connectivity index is 1.81. The van der Waals surface area contributed by atoms with Crippen LogP contribution in [0.25, 0.3) is 0 Å². The third-order valence-corrected chi connectivity index (χ3v) is 2.82. The van der Waals surface area contributed by atoms with Crippen LogP contribution in [-0.2, 0) is 17.7 Å². The van der Waals surface area contributed by atoms with Gasteiger partial charge in [0.05, 0.1) is 12.3 Å². The number of alkyl halides is 2. The van der Waals surface area contributed by atoms with Gasteiger partial charge < -0.3 is 10.1 Å². The highest BCUT2D eigenvalue weighted by Gasteiger charge is 2.20. The molecule has 106 valence electrons. The molecule has 0 aliphatic heterocycles. The molecular formula is C13H19F2N3O. The van der Waals surface area contributed by atoms with Crippen LogP contribution < -0.4 is 5.32 Å². The van der Waals surface area contributed by atoms with E-state index in [0.29, 0.717) is 18.3 Å². The number of nitrogens with one attached hydrogen (secondary N) is 1. The molecule has 2 rings (SSSR count). The van der Waals surface area contributed by atoms with Gasteiger partial charge in [0.1, 0.15) is 12.4 Å². The number of hydrogen-bond donors (Lipinski definition) is 1. The topological polar surface area (TPSA) is 47.0 Å². The van der Waals surface area contributed by atoms with Gasteiger partial charge in [-0.05, 0) is 25.8 Å². The van der Waals surface area contributed by atoms with Crippen LogP contribution in [0.5, 0.6) is 0 Å². The van der Waals surface area contributed by atoms with Crippen LogP contribution in [0.3, 0.4) is 0 Å². The van der Waals surface area contributed by atoms with Crippen LogP contribution >= 0.6 is 0 Å². The summed E-state index contributed by atoms with van der Waals surface area (Å²) in [6, 6.07) is 2.58. The van der Waals surface area contributed by atoms with Crippen molar-refractivity contribution in [1.82, 2.24) is 15.3 Å². The molecule has 1 aromatic rings. The van der Waals surface area contributed by atoms with Gasteiger partial charge in [0.15, 0.2) is 0 Å². The first-order valence-corrected chi connectivity index (χ1v) is 6.56. The third kappa shape index (κ3) is 5.57. The zero-order valence-electron chi connectivity index (χ0n) is 11.0. The van der Waals surface area contributed by atoms with Crippen LogP contribution in [0.15, 0.2) is 6.07 Å². The Morgan fingerprint density at radius 2 is 2.21 bits per heavy atom. The van der Waals surface area contributed by atoms with Gasteiger partial charge in [0, 0.05) is 24.7 Å². The van der Waals surface area contributed by atoms with Crippen LogP contribution in [0, 0.1) is 6.92 Å². The van der Waals surface area contributed by atoms with Gasteiger partial charge >= 0.3 is 0 Å². The summed E-state index contributed by atoms with van der Waals surface area (Å²) >= 11 is 0. The van der Waals surface area contributed by atoms with E-state index >= 15 is 0 Å². The first kappa shape index (κ1) is 14.3. The van der Waals surface area contributed by atoms with Crippen molar-refractivity contribution in [2.45, 2.75) is 45.2 Å². The largest absolute Gasteiger partial charge is 0.375 e. The summed E-state index contributed by atoms with van der Waals surface area (Å²) in [6.07, 6.45) is 0.512.